The number of ether oxygens (including phenoxy) is 1. The molecule has 0 atom stereocenters. The van der Waals surface area contributed by atoms with Crippen LogP contribution < -0.4 is 10.2 Å². The number of nitrogens with one attached hydrogen (secondary N) is 1. The van der Waals surface area contributed by atoms with E-state index >= 15 is 0 Å². The average molecular weight is 468 g/mol. The third-order valence-corrected chi connectivity index (χ3v) is 6.92. The first kappa shape index (κ1) is 20.6. The van der Waals surface area contributed by atoms with Gasteiger partial charge in [-0.25, -0.2) is 14.8 Å². The lowest BCUT2D eigenvalue weighted by molar-refractivity contribution is 0.105. The normalized spacial score (nSPS) is 14.0. The maximum atomic E-state index is 12.1. The van der Waals surface area contributed by atoms with Crippen molar-refractivity contribution in [2.24, 2.45) is 0 Å². The molecule has 5 rings (SSSR count). The fourth-order valence-corrected chi connectivity index (χ4v) is 5.02. The minimum absolute atomic E-state index is 0.273. The second-order valence-corrected chi connectivity index (χ2v) is 9.00. The summed E-state index contributed by atoms with van der Waals surface area (Å²) in [7, 11) is 0. The fraction of sp³-hybridized carbons (Fsp3) is 0.286. The number of carbonyl (C=O) groups is 1. The first-order chi connectivity index (χ1) is 15.7. The summed E-state index contributed by atoms with van der Waals surface area (Å²) in [5.41, 5.74) is 1.62. The lowest BCUT2D eigenvalue weighted by Crippen LogP contribution is -2.49. The van der Waals surface area contributed by atoms with Crippen LogP contribution in [0.15, 0.2) is 41.8 Å². The fourth-order valence-electron chi connectivity index (χ4n) is 3.49. The van der Waals surface area contributed by atoms with Gasteiger partial charge in [0.15, 0.2) is 16.6 Å². The minimum atomic E-state index is -0.273. The lowest BCUT2D eigenvalue weighted by Gasteiger charge is -2.35. The number of carbonyl (C=O) groups excluding carboxylic acids is 1. The topological polar surface area (TPSA) is 96.4 Å². The number of hydrogen-bond acceptors (Lipinski definition) is 10. The second kappa shape index (κ2) is 9.05. The molecule has 1 aromatic carbocycles. The van der Waals surface area contributed by atoms with E-state index in [1.807, 2.05) is 48.7 Å². The summed E-state index contributed by atoms with van der Waals surface area (Å²) in [5.74, 6) is 1.36. The van der Waals surface area contributed by atoms with Crippen molar-refractivity contribution in [3.05, 3.63) is 41.8 Å². The molecule has 1 saturated heterocycles. The quantitative estimate of drug-likeness (QED) is 0.466. The van der Waals surface area contributed by atoms with Crippen LogP contribution in [0.3, 0.4) is 0 Å². The van der Waals surface area contributed by atoms with Crippen LogP contribution in [0.5, 0.6) is 0 Å². The van der Waals surface area contributed by atoms with Crippen LogP contribution in [0, 0.1) is 0 Å². The van der Waals surface area contributed by atoms with Gasteiger partial charge in [-0.2, -0.15) is 0 Å². The molecular weight excluding hydrogens is 446 g/mol. The third-order valence-electron chi connectivity index (χ3n) is 5.04. The number of amides is 1. The molecule has 11 heteroatoms. The summed E-state index contributed by atoms with van der Waals surface area (Å²) in [5, 5.41) is 15.5. The molecule has 3 aromatic heterocycles. The number of hydrogen-bond donors (Lipinski definition) is 1. The van der Waals surface area contributed by atoms with Crippen LogP contribution >= 0.6 is 22.7 Å². The molecule has 1 aliphatic rings. The molecule has 4 heterocycles. The van der Waals surface area contributed by atoms with Gasteiger partial charge in [-0.15, -0.1) is 21.5 Å². The Balaban J connectivity index is 1.42. The highest BCUT2D eigenvalue weighted by molar-refractivity contribution is 7.22. The largest absolute Gasteiger partial charge is 0.450 e. The monoisotopic (exact) mass is 467 g/mol. The summed E-state index contributed by atoms with van der Waals surface area (Å²) in [6, 6.07) is 11.8. The molecule has 164 valence electrons. The summed E-state index contributed by atoms with van der Waals surface area (Å²) in [4.78, 5) is 26.7. The molecule has 9 nitrogen and oxygen atoms in total. The van der Waals surface area contributed by atoms with Gasteiger partial charge in [0, 0.05) is 26.2 Å². The van der Waals surface area contributed by atoms with E-state index in [0.29, 0.717) is 43.7 Å². The lowest BCUT2D eigenvalue weighted by atomic mass is 10.3. The molecule has 1 amide bonds. The number of nitrogens with zero attached hydrogens (tertiary/aromatic N) is 6. The Hall–Kier alpha value is -3.31. The van der Waals surface area contributed by atoms with Crippen molar-refractivity contribution >= 4 is 56.6 Å². The Morgan fingerprint density at radius 2 is 1.84 bits per heavy atom. The van der Waals surface area contributed by atoms with Crippen molar-refractivity contribution in [2.75, 3.05) is 43.0 Å². The maximum absolute atomic E-state index is 12.1. The molecule has 0 spiro atoms. The number of benzene rings is 1. The van der Waals surface area contributed by atoms with E-state index < -0.39 is 0 Å². The van der Waals surface area contributed by atoms with Gasteiger partial charge in [0.1, 0.15) is 0 Å². The van der Waals surface area contributed by atoms with Crippen molar-refractivity contribution in [1.82, 2.24) is 25.1 Å². The van der Waals surface area contributed by atoms with Gasteiger partial charge in [-0.1, -0.05) is 29.5 Å². The van der Waals surface area contributed by atoms with Crippen molar-refractivity contribution < 1.29 is 9.53 Å². The zero-order valence-corrected chi connectivity index (χ0v) is 19.0. The molecule has 1 fully saturated rings. The van der Waals surface area contributed by atoms with Crippen LogP contribution in [0.4, 0.5) is 21.6 Å². The number of aromatic nitrogens is 4. The van der Waals surface area contributed by atoms with Crippen molar-refractivity contribution in [1.29, 1.82) is 0 Å². The van der Waals surface area contributed by atoms with Crippen LogP contribution in [-0.4, -0.2) is 63.9 Å². The molecule has 1 N–H and O–H groups in total. The van der Waals surface area contributed by atoms with Gasteiger partial charge in [-0.05, 0) is 30.5 Å². The molecule has 1 aliphatic heterocycles. The van der Waals surface area contributed by atoms with Gasteiger partial charge < -0.3 is 19.9 Å². The first-order valence-electron chi connectivity index (χ1n) is 10.3. The van der Waals surface area contributed by atoms with Crippen LogP contribution in [-0.2, 0) is 4.74 Å². The Morgan fingerprint density at radius 1 is 1.06 bits per heavy atom. The standard InChI is InChI=1S/C21H21N7O2S2/c1-2-30-21(29)28-11-9-27(10-12-28)18-17(22-14-6-3-4-7-15(14)23-18)24-20-26-25-19(32-20)16-8-5-13-31-16/h3-8,13H,2,9-12H2,1H3,(H,22,24,26). The predicted molar refractivity (Wildman–Crippen MR) is 127 cm³/mol. The SMILES string of the molecule is CCOC(=O)N1CCN(c2nc3ccccc3nc2Nc2nnc(-c3cccs3)s2)CC1. The Labute approximate surface area is 192 Å². The second-order valence-electron chi connectivity index (χ2n) is 7.07. The molecule has 0 unspecified atom stereocenters. The molecule has 32 heavy (non-hydrogen) atoms. The Kier molecular flexibility index (Phi) is 5.82. The van der Waals surface area contributed by atoms with Crippen LogP contribution in [0.25, 0.3) is 20.9 Å². The summed E-state index contributed by atoms with van der Waals surface area (Å²) < 4.78 is 5.13. The highest BCUT2D eigenvalue weighted by atomic mass is 32.1. The molecule has 0 saturated carbocycles. The highest BCUT2D eigenvalue weighted by Crippen LogP contribution is 2.33. The molecule has 4 aromatic rings. The predicted octanol–water partition coefficient (Wildman–Crippen LogP) is 4.23. The zero-order chi connectivity index (χ0) is 21.9. The van der Waals surface area contributed by atoms with Gasteiger partial charge in [0.25, 0.3) is 0 Å². The van der Waals surface area contributed by atoms with Crippen molar-refractivity contribution in [3.63, 3.8) is 0 Å². The Morgan fingerprint density at radius 3 is 2.56 bits per heavy atom. The third kappa shape index (κ3) is 4.21. The first-order valence-corrected chi connectivity index (χ1v) is 12.0. The minimum Gasteiger partial charge on any atom is -0.450 e. The summed E-state index contributed by atoms with van der Waals surface area (Å²) in [6.45, 7) is 4.59. The number of fused-ring (bicyclic) bond motifs is 1. The van der Waals surface area contributed by atoms with E-state index in [9.17, 15) is 4.79 Å². The number of thiophene rings is 1. The van der Waals surface area contributed by atoms with Crippen molar-refractivity contribution in [3.8, 4) is 9.88 Å². The number of para-hydroxylation sites is 2. The average Bonchev–Trinajstić information content (AvgIpc) is 3.51. The Bertz CT molecular complexity index is 1220. The van der Waals surface area contributed by atoms with Gasteiger partial charge in [0.05, 0.1) is 22.5 Å². The van der Waals surface area contributed by atoms with Gasteiger partial charge in [-0.3, -0.25) is 0 Å². The van der Waals surface area contributed by atoms with E-state index in [1.165, 1.54) is 11.3 Å². The molecule has 0 aliphatic carbocycles. The number of piperazine rings is 1. The van der Waals surface area contributed by atoms with E-state index in [-0.39, 0.29) is 6.09 Å². The van der Waals surface area contributed by atoms with E-state index in [4.69, 9.17) is 14.7 Å². The zero-order valence-electron chi connectivity index (χ0n) is 17.4. The van der Waals surface area contributed by atoms with Crippen molar-refractivity contribution in [2.45, 2.75) is 6.92 Å². The number of rotatable bonds is 5. The van der Waals surface area contributed by atoms with E-state index in [2.05, 4.69) is 20.4 Å². The van der Waals surface area contributed by atoms with Crippen LogP contribution in [0.2, 0.25) is 0 Å². The van der Waals surface area contributed by atoms with E-state index in [0.717, 1.165) is 26.7 Å². The highest BCUT2D eigenvalue weighted by Gasteiger charge is 2.25. The maximum Gasteiger partial charge on any atom is 0.409 e. The number of anilines is 3. The van der Waals surface area contributed by atoms with Crippen LogP contribution in [0.1, 0.15) is 6.92 Å². The van der Waals surface area contributed by atoms with Gasteiger partial charge >= 0.3 is 6.09 Å². The molecular formula is C21H21N7O2S2. The smallest absolute Gasteiger partial charge is 0.409 e. The van der Waals surface area contributed by atoms with E-state index in [1.54, 1.807) is 16.2 Å². The molecule has 0 bridgehead atoms. The summed E-state index contributed by atoms with van der Waals surface area (Å²) in [6.07, 6.45) is -0.273. The van der Waals surface area contributed by atoms with Gasteiger partial charge in [0.2, 0.25) is 5.13 Å². The molecule has 0 radical (unpaired) electrons. The summed E-state index contributed by atoms with van der Waals surface area (Å²) >= 11 is 3.11.